The Morgan fingerprint density at radius 1 is 1.25 bits per heavy atom. The summed E-state index contributed by atoms with van der Waals surface area (Å²) in [6.07, 6.45) is 1.33. The zero-order valence-corrected chi connectivity index (χ0v) is 8.23. The van der Waals surface area contributed by atoms with Crippen molar-refractivity contribution in [2.45, 2.75) is 0 Å². The molecule has 0 aliphatic rings. The van der Waals surface area contributed by atoms with Gasteiger partial charge in [0.05, 0.1) is 12.8 Å². The van der Waals surface area contributed by atoms with Crippen molar-refractivity contribution in [3.63, 3.8) is 0 Å². The molecule has 0 radical (unpaired) electrons. The van der Waals surface area contributed by atoms with Gasteiger partial charge < -0.3 is 20.2 Å². The number of amides is 2. The van der Waals surface area contributed by atoms with Crippen LogP contribution >= 0.6 is 0 Å². The van der Waals surface area contributed by atoms with Crippen molar-refractivity contribution in [3.05, 3.63) is 24.2 Å². The molecular weight excluding hydrogens is 216 g/mol. The summed E-state index contributed by atoms with van der Waals surface area (Å²) in [5.41, 5.74) is 0. The van der Waals surface area contributed by atoms with Crippen LogP contribution in [-0.2, 0) is 9.59 Å². The molecule has 7 nitrogen and oxygen atoms in total. The second-order valence-electron chi connectivity index (χ2n) is 2.83. The zero-order chi connectivity index (χ0) is 12.0. The maximum Gasteiger partial charge on any atom is 0.322 e. The lowest BCUT2D eigenvalue weighted by molar-refractivity contribution is -0.137. The summed E-state index contributed by atoms with van der Waals surface area (Å²) in [7, 11) is 0. The van der Waals surface area contributed by atoms with E-state index in [-0.39, 0.29) is 12.3 Å². The fourth-order valence-electron chi connectivity index (χ4n) is 0.892. The van der Waals surface area contributed by atoms with Gasteiger partial charge in [0, 0.05) is 0 Å². The predicted octanol–water partition coefficient (Wildman–Crippen LogP) is -0.790. The summed E-state index contributed by atoms with van der Waals surface area (Å²) in [5, 5.41) is 12.6. The van der Waals surface area contributed by atoms with Crippen LogP contribution < -0.4 is 10.6 Å². The molecule has 1 heterocycles. The van der Waals surface area contributed by atoms with Crippen molar-refractivity contribution in [2.24, 2.45) is 0 Å². The number of carbonyl (C=O) groups excluding carboxylic acids is 2. The van der Waals surface area contributed by atoms with Crippen molar-refractivity contribution in [3.8, 4) is 0 Å². The Balaban J connectivity index is 2.27. The van der Waals surface area contributed by atoms with E-state index < -0.39 is 24.3 Å². The first-order chi connectivity index (χ1) is 7.59. The highest BCUT2D eigenvalue weighted by atomic mass is 16.4. The average Bonchev–Trinajstić information content (AvgIpc) is 2.76. The molecule has 86 valence electrons. The summed E-state index contributed by atoms with van der Waals surface area (Å²) < 4.78 is 4.79. The lowest BCUT2D eigenvalue weighted by Crippen LogP contribution is -2.38. The van der Waals surface area contributed by atoms with Crippen molar-refractivity contribution in [1.82, 2.24) is 10.6 Å². The molecule has 0 spiro atoms. The van der Waals surface area contributed by atoms with Crippen LogP contribution in [-0.4, -0.2) is 36.0 Å². The summed E-state index contributed by atoms with van der Waals surface area (Å²) in [4.78, 5) is 32.4. The first-order valence-corrected chi connectivity index (χ1v) is 4.40. The van der Waals surface area contributed by atoms with Gasteiger partial charge in [0.15, 0.2) is 5.76 Å². The van der Waals surface area contributed by atoms with E-state index in [9.17, 15) is 14.4 Å². The smallest absolute Gasteiger partial charge is 0.322 e. The normalized spacial score (nSPS) is 9.50. The Kier molecular flexibility index (Phi) is 4.07. The molecule has 0 atom stereocenters. The van der Waals surface area contributed by atoms with Gasteiger partial charge in [0.2, 0.25) is 5.91 Å². The SMILES string of the molecule is O=C(O)CNC(=O)CNC(=O)c1ccco1. The largest absolute Gasteiger partial charge is 0.480 e. The van der Waals surface area contributed by atoms with Gasteiger partial charge in [-0.3, -0.25) is 14.4 Å². The van der Waals surface area contributed by atoms with Gasteiger partial charge >= 0.3 is 5.97 Å². The molecule has 0 saturated carbocycles. The number of carboxylic acids is 1. The van der Waals surface area contributed by atoms with Gasteiger partial charge in [-0.05, 0) is 12.1 Å². The van der Waals surface area contributed by atoms with Crippen molar-refractivity contribution in [1.29, 1.82) is 0 Å². The van der Waals surface area contributed by atoms with Crippen LogP contribution in [0.25, 0.3) is 0 Å². The number of aliphatic carboxylic acids is 1. The van der Waals surface area contributed by atoms with E-state index in [1.807, 2.05) is 0 Å². The summed E-state index contributed by atoms with van der Waals surface area (Å²) in [5.74, 6) is -2.17. The van der Waals surface area contributed by atoms with Gasteiger partial charge in [-0.25, -0.2) is 0 Å². The molecule has 0 aliphatic heterocycles. The van der Waals surface area contributed by atoms with Crippen LogP contribution in [0.2, 0.25) is 0 Å². The van der Waals surface area contributed by atoms with E-state index in [0.717, 1.165) is 0 Å². The Labute approximate surface area is 90.4 Å². The van der Waals surface area contributed by atoms with Crippen LogP contribution in [0, 0.1) is 0 Å². The molecule has 0 fully saturated rings. The van der Waals surface area contributed by atoms with Crippen molar-refractivity contribution >= 4 is 17.8 Å². The summed E-state index contributed by atoms with van der Waals surface area (Å²) in [6.45, 7) is -0.776. The third-order valence-corrected chi connectivity index (χ3v) is 1.59. The van der Waals surface area contributed by atoms with Gasteiger partial charge in [0.1, 0.15) is 6.54 Å². The number of carboxylic acid groups (broad SMARTS) is 1. The number of carbonyl (C=O) groups is 3. The van der Waals surface area contributed by atoms with E-state index in [1.165, 1.54) is 12.3 Å². The van der Waals surface area contributed by atoms with Crippen LogP contribution in [0.4, 0.5) is 0 Å². The third kappa shape index (κ3) is 3.82. The maximum absolute atomic E-state index is 11.2. The van der Waals surface area contributed by atoms with Gasteiger partial charge in [-0.1, -0.05) is 0 Å². The number of hydrogen-bond donors (Lipinski definition) is 3. The summed E-state index contributed by atoms with van der Waals surface area (Å²) >= 11 is 0. The molecule has 3 N–H and O–H groups in total. The monoisotopic (exact) mass is 226 g/mol. The van der Waals surface area contributed by atoms with Gasteiger partial charge in [-0.2, -0.15) is 0 Å². The Bertz CT molecular complexity index is 385. The van der Waals surface area contributed by atoms with E-state index >= 15 is 0 Å². The van der Waals surface area contributed by atoms with Crippen LogP contribution in [0.15, 0.2) is 22.8 Å². The molecule has 16 heavy (non-hydrogen) atoms. The number of hydrogen-bond acceptors (Lipinski definition) is 4. The van der Waals surface area contributed by atoms with Crippen molar-refractivity contribution < 1.29 is 23.9 Å². The maximum atomic E-state index is 11.2. The van der Waals surface area contributed by atoms with Crippen LogP contribution in [0.1, 0.15) is 10.6 Å². The second kappa shape index (κ2) is 5.54. The molecule has 0 aliphatic carbocycles. The van der Waals surface area contributed by atoms with Crippen LogP contribution in [0.5, 0.6) is 0 Å². The van der Waals surface area contributed by atoms with E-state index in [0.29, 0.717) is 0 Å². The minimum atomic E-state index is -1.15. The molecule has 0 unspecified atom stereocenters. The fraction of sp³-hybridized carbons (Fsp3) is 0.222. The molecule has 1 rings (SSSR count). The second-order valence-corrected chi connectivity index (χ2v) is 2.83. The molecule has 2 amide bonds. The Hall–Kier alpha value is -2.31. The number of rotatable bonds is 5. The topological polar surface area (TPSA) is 109 Å². The molecule has 1 aromatic rings. The van der Waals surface area contributed by atoms with Gasteiger partial charge in [0.25, 0.3) is 5.91 Å². The number of nitrogens with one attached hydrogen (secondary N) is 2. The standard InChI is InChI=1S/C9H10N2O5/c12-7(10-5-8(13)14)4-11-9(15)6-2-1-3-16-6/h1-3H,4-5H2,(H,10,12)(H,11,15)(H,13,14). The minimum absolute atomic E-state index is 0.0889. The molecule has 0 saturated heterocycles. The Morgan fingerprint density at radius 3 is 2.56 bits per heavy atom. The minimum Gasteiger partial charge on any atom is -0.480 e. The van der Waals surface area contributed by atoms with Crippen molar-refractivity contribution in [2.75, 3.05) is 13.1 Å². The first kappa shape index (κ1) is 11.8. The highest BCUT2D eigenvalue weighted by Crippen LogP contribution is 1.98. The fourth-order valence-corrected chi connectivity index (χ4v) is 0.892. The van der Waals surface area contributed by atoms with E-state index in [1.54, 1.807) is 6.07 Å². The predicted molar refractivity (Wildman–Crippen MR) is 51.7 cm³/mol. The first-order valence-electron chi connectivity index (χ1n) is 4.40. The molecular formula is C9H10N2O5. The lowest BCUT2D eigenvalue weighted by Gasteiger charge is -2.03. The van der Waals surface area contributed by atoms with E-state index in [2.05, 4.69) is 10.6 Å². The quantitative estimate of drug-likeness (QED) is 0.609. The molecule has 1 aromatic heterocycles. The Morgan fingerprint density at radius 2 is 2.00 bits per heavy atom. The highest BCUT2D eigenvalue weighted by molar-refractivity contribution is 5.94. The molecule has 0 bridgehead atoms. The highest BCUT2D eigenvalue weighted by Gasteiger charge is 2.10. The lowest BCUT2D eigenvalue weighted by atomic mass is 10.4. The molecule has 7 heteroatoms. The van der Waals surface area contributed by atoms with Crippen LogP contribution in [0.3, 0.4) is 0 Å². The zero-order valence-electron chi connectivity index (χ0n) is 8.23. The van der Waals surface area contributed by atoms with Gasteiger partial charge in [-0.15, -0.1) is 0 Å². The summed E-state index contributed by atoms with van der Waals surface area (Å²) in [6, 6.07) is 2.99. The average molecular weight is 226 g/mol. The number of furan rings is 1. The van der Waals surface area contributed by atoms with E-state index in [4.69, 9.17) is 9.52 Å². The molecule has 0 aromatic carbocycles. The third-order valence-electron chi connectivity index (χ3n) is 1.59.